The fourth-order valence-electron chi connectivity index (χ4n) is 2.68. The molecule has 3 rings (SSSR count). The van der Waals surface area contributed by atoms with Crippen molar-refractivity contribution in [2.45, 2.75) is 12.8 Å². The zero-order valence-corrected chi connectivity index (χ0v) is 16.5. The summed E-state index contributed by atoms with van der Waals surface area (Å²) in [5.74, 6) is -0.00485. The van der Waals surface area contributed by atoms with E-state index in [4.69, 9.17) is 15.2 Å². The molecule has 1 fully saturated rings. The van der Waals surface area contributed by atoms with Crippen LogP contribution in [0.15, 0.2) is 48.5 Å². The van der Waals surface area contributed by atoms with E-state index in [1.165, 1.54) is 13.2 Å². The van der Waals surface area contributed by atoms with Crippen molar-refractivity contribution in [1.82, 2.24) is 0 Å². The van der Waals surface area contributed by atoms with Crippen molar-refractivity contribution in [2.24, 2.45) is 11.7 Å². The second-order valence-electron chi connectivity index (χ2n) is 6.83. The quantitative estimate of drug-likeness (QED) is 0.550. The molecule has 0 aromatic heterocycles. The monoisotopic (exact) mass is 409 g/mol. The number of carbonyl (C=O) groups is 3. The van der Waals surface area contributed by atoms with E-state index >= 15 is 0 Å². The van der Waals surface area contributed by atoms with E-state index in [9.17, 15) is 14.4 Å². The standard InChI is InChI=1S/C22H23N3O5/c1-29-19-11-14(5-9-18(19)30-13-20(23)26)6-10-21(27)24-16-3-2-4-17(12-16)25-22(28)15-7-8-15/h2-6,9-12,15H,7-8,13H2,1H3,(H2,23,26)(H,24,27)(H,25,28)/b10-6+. The molecule has 1 saturated carbocycles. The van der Waals surface area contributed by atoms with Gasteiger partial charge in [0.15, 0.2) is 18.1 Å². The minimum absolute atomic E-state index is 0.00979. The molecule has 3 amide bonds. The summed E-state index contributed by atoms with van der Waals surface area (Å²) in [5.41, 5.74) is 7.00. The molecule has 2 aromatic carbocycles. The first-order chi connectivity index (χ1) is 14.4. The largest absolute Gasteiger partial charge is 0.493 e. The van der Waals surface area contributed by atoms with Crippen LogP contribution in [-0.2, 0) is 14.4 Å². The lowest BCUT2D eigenvalue weighted by atomic mass is 10.2. The summed E-state index contributed by atoms with van der Waals surface area (Å²) < 4.78 is 10.5. The van der Waals surface area contributed by atoms with Crippen LogP contribution in [0, 0.1) is 5.92 Å². The van der Waals surface area contributed by atoms with Gasteiger partial charge in [0.2, 0.25) is 11.8 Å². The first-order valence-corrected chi connectivity index (χ1v) is 9.44. The Hall–Kier alpha value is -3.81. The Labute approximate surface area is 174 Å². The predicted molar refractivity (Wildman–Crippen MR) is 113 cm³/mol. The van der Waals surface area contributed by atoms with Crippen molar-refractivity contribution in [3.63, 3.8) is 0 Å². The smallest absolute Gasteiger partial charge is 0.255 e. The Morgan fingerprint density at radius 2 is 1.80 bits per heavy atom. The molecule has 0 unspecified atom stereocenters. The van der Waals surface area contributed by atoms with Crippen LogP contribution in [0.1, 0.15) is 18.4 Å². The molecule has 8 heteroatoms. The van der Waals surface area contributed by atoms with Crippen LogP contribution in [-0.4, -0.2) is 31.4 Å². The van der Waals surface area contributed by atoms with Gasteiger partial charge in [0.25, 0.3) is 5.91 Å². The lowest BCUT2D eigenvalue weighted by Gasteiger charge is -2.10. The summed E-state index contributed by atoms with van der Waals surface area (Å²) >= 11 is 0. The zero-order chi connectivity index (χ0) is 21.5. The van der Waals surface area contributed by atoms with Crippen molar-refractivity contribution in [1.29, 1.82) is 0 Å². The third kappa shape index (κ3) is 6.10. The van der Waals surface area contributed by atoms with Crippen LogP contribution in [0.3, 0.4) is 0 Å². The van der Waals surface area contributed by atoms with Crippen LogP contribution >= 0.6 is 0 Å². The maximum atomic E-state index is 12.2. The van der Waals surface area contributed by atoms with Gasteiger partial charge >= 0.3 is 0 Å². The number of benzene rings is 2. The molecule has 0 heterocycles. The van der Waals surface area contributed by atoms with E-state index in [-0.39, 0.29) is 24.3 Å². The fraction of sp³-hybridized carbons (Fsp3) is 0.227. The minimum Gasteiger partial charge on any atom is -0.493 e. The van der Waals surface area contributed by atoms with E-state index in [1.54, 1.807) is 48.5 Å². The minimum atomic E-state index is -0.589. The molecule has 2 aromatic rings. The average Bonchev–Trinajstić information content (AvgIpc) is 3.56. The molecule has 30 heavy (non-hydrogen) atoms. The molecule has 0 atom stereocenters. The van der Waals surface area contributed by atoms with Gasteiger partial charge in [-0.05, 0) is 54.8 Å². The van der Waals surface area contributed by atoms with Gasteiger partial charge in [0.05, 0.1) is 7.11 Å². The first-order valence-electron chi connectivity index (χ1n) is 9.44. The van der Waals surface area contributed by atoms with Gasteiger partial charge in [-0.3, -0.25) is 14.4 Å². The van der Waals surface area contributed by atoms with Crippen molar-refractivity contribution in [2.75, 3.05) is 24.4 Å². The highest BCUT2D eigenvalue weighted by molar-refractivity contribution is 6.02. The fourth-order valence-corrected chi connectivity index (χ4v) is 2.68. The molecule has 1 aliphatic rings. The topological polar surface area (TPSA) is 120 Å². The van der Waals surface area contributed by atoms with Crippen LogP contribution in [0.2, 0.25) is 0 Å². The number of nitrogens with two attached hydrogens (primary N) is 1. The molecule has 1 aliphatic carbocycles. The van der Waals surface area contributed by atoms with Crippen molar-refractivity contribution < 1.29 is 23.9 Å². The third-order valence-electron chi connectivity index (χ3n) is 4.33. The van der Waals surface area contributed by atoms with Crippen molar-refractivity contribution in [3.05, 3.63) is 54.1 Å². The van der Waals surface area contributed by atoms with Gasteiger partial charge in [-0.2, -0.15) is 0 Å². The molecule has 156 valence electrons. The molecular weight excluding hydrogens is 386 g/mol. The van der Waals surface area contributed by atoms with Crippen LogP contribution in [0.4, 0.5) is 11.4 Å². The number of hydrogen-bond acceptors (Lipinski definition) is 5. The van der Waals surface area contributed by atoms with Gasteiger partial charge in [0.1, 0.15) is 0 Å². The Morgan fingerprint density at radius 1 is 1.07 bits per heavy atom. The number of rotatable bonds is 9. The number of anilines is 2. The number of ether oxygens (including phenoxy) is 2. The number of nitrogens with one attached hydrogen (secondary N) is 2. The number of hydrogen-bond donors (Lipinski definition) is 3. The summed E-state index contributed by atoms with van der Waals surface area (Å²) in [7, 11) is 1.47. The van der Waals surface area contributed by atoms with Gasteiger partial charge in [-0.25, -0.2) is 0 Å². The van der Waals surface area contributed by atoms with Gasteiger partial charge in [-0.15, -0.1) is 0 Å². The molecule has 0 aliphatic heterocycles. The summed E-state index contributed by atoms with van der Waals surface area (Å²) in [6.07, 6.45) is 4.86. The predicted octanol–water partition coefficient (Wildman–Crippen LogP) is 2.56. The Kier molecular flexibility index (Phi) is 6.69. The zero-order valence-electron chi connectivity index (χ0n) is 16.5. The lowest BCUT2D eigenvalue weighted by Crippen LogP contribution is -2.20. The molecule has 0 saturated heterocycles. The number of amides is 3. The van der Waals surface area contributed by atoms with E-state index in [1.807, 2.05) is 0 Å². The summed E-state index contributed by atoms with van der Waals surface area (Å²) in [6.45, 7) is -0.256. The first kappa shape index (κ1) is 20.9. The lowest BCUT2D eigenvalue weighted by molar-refractivity contribution is -0.120. The molecular formula is C22H23N3O5. The van der Waals surface area contributed by atoms with Gasteiger partial charge < -0.3 is 25.8 Å². The number of methoxy groups -OCH3 is 1. The average molecular weight is 409 g/mol. The maximum Gasteiger partial charge on any atom is 0.255 e. The second-order valence-corrected chi connectivity index (χ2v) is 6.83. The van der Waals surface area contributed by atoms with Crippen LogP contribution < -0.4 is 25.8 Å². The Morgan fingerprint density at radius 3 is 2.47 bits per heavy atom. The Balaban J connectivity index is 1.60. The highest BCUT2D eigenvalue weighted by Crippen LogP contribution is 2.30. The highest BCUT2D eigenvalue weighted by Gasteiger charge is 2.29. The number of primary amides is 1. The Bertz CT molecular complexity index is 982. The maximum absolute atomic E-state index is 12.2. The van der Waals surface area contributed by atoms with Crippen molar-refractivity contribution >= 4 is 35.2 Å². The highest BCUT2D eigenvalue weighted by atomic mass is 16.5. The summed E-state index contributed by atoms with van der Waals surface area (Å²) in [6, 6.07) is 12.0. The molecule has 0 bridgehead atoms. The van der Waals surface area contributed by atoms with E-state index in [2.05, 4.69) is 10.6 Å². The van der Waals surface area contributed by atoms with E-state index in [0.717, 1.165) is 12.8 Å². The summed E-state index contributed by atoms with van der Waals surface area (Å²) in [5, 5.41) is 5.61. The second kappa shape index (κ2) is 9.60. The van der Waals surface area contributed by atoms with Crippen LogP contribution in [0.5, 0.6) is 11.5 Å². The third-order valence-corrected chi connectivity index (χ3v) is 4.33. The molecule has 4 N–H and O–H groups in total. The molecule has 0 radical (unpaired) electrons. The molecule has 8 nitrogen and oxygen atoms in total. The van der Waals surface area contributed by atoms with Crippen molar-refractivity contribution in [3.8, 4) is 11.5 Å². The van der Waals surface area contributed by atoms with E-state index < -0.39 is 5.91 Å². The normalized spacial score (nSPS) is 13.0. The SMILES string of the molecule is COc1cc(/C=C/C(=O)Nc2cccc(NC(=O)C3CC3)c2)ccc1OCC(N)=O. The van der Waals surface area contributed by atoms with E-state index in [0.29, 0.717) is 28.4 Å². The molecule has 0 spiro atoms. The van der Waals surface area contributed by atoms with Gasteiger partial charge in [0, 0.05) is 23.4 Å². The summed E-state index contributed by atoms with van der Waals surface area (Å²) in [4.78, 5) is 35.0. The van der Waals surface area contributed by atoms with Gasteiger partial charge in [-0.1, -0.05) is 12.1 Å². The number of carbonyl (C=O) groups excluding carboxylic acids is 3. The van der Waals surface area contributed by atoms with Crippen LogP contribution in [0.25, 0.3) is 6.08 Å².